The van der Waals surface area contributed by atoms with Crippen LogP contribution in [0.1, 0.15) is 18.4 Å². The Morgan fingerprint density at radius 1 is 1.06 bits per heavy atom. The molecule has 1 saturated heterocycles. The maximum absolute atomic E-state index is 12.9. The van der Waals surface area contributed by atoms with E-state index in [9.17, 15) is 13.2 Å². The number of nitrogens with one attached hydrogen (secondary N) is 1. The van der Waals surface area contributed by atoms with Gasteiger partial charge >= 0.3 is 6.18 Å². The zero-order chi connectivity index (χ0) is 23.0. The second-order valence-corrected chi connectivity index (χ2v) is 9.12. The monoisotopic (exact) mass is 489 g/mol. The Labute approximate surface area is 197 Å². The van der Waals surface area contributed by atoms with Gasteiger partial charge in [0, 0.05) is 36.3 Å². The van der Waals surface area contributed by atoms with Gasteiger partial charge in [-0.2, -0.15) is 13.2 Å². The van der Waals surface area contributed by atoms with Crippen LogP contribution in [0.25, 0.3) is 21.3 Å². The first-order valence-electron chi connectivity index (χ1n) is 10.4. The fourth-order valence-corrected chi connectivity index (χ4v) is 5.26. The molecule has 5 rings (SSSR count). The lowest BCUT2D eigenvalue weighted by atomic mass is 10.0. The molecule has 4 heterocycles. The average molecular weight is 490 g/mol. The molecule has 10 heteroatoms. The highest BCUT2D eigenvalue weighted by molar-refractivity contribution is 7.17. The fraction of sp³-hybridized carbons (Fsp3) is 0.261. The van der Waals surface area contributed by atoms with Crippen LogP contribution in [-0.4, -0.2) is 34.1 Å². The standard InChI is InChI=1S/C23H19ClF3N5S/c24-18-10-15(23(25,26)27)11-28-21(18)32-8-6-16(7-9-32)31-20-19-17(14-4-2-1-3-5-14)12-33-22(19)30-13-29-20/h1-5,10-13,16H,6-9H2,(H,29,30,31). The van der Waals surface area contributed by atoms with Gasteiger partial charge in [-0.3, -0.25) is 0 Å². The SMILES string of the molecule is FC(F)(F)c1cnc(N2CCC(Nc3ncnc4scc(-c5ccccc5)c34)CC2)c(Cl)c1. The predicted molar refractivity (Wildman–Crippen MR) is 126 cm³/mol. The van der Waals surface area contributed by atoms with Crippen molar-refractivity contribution in [2.75, 3.05) is 23.3 Å². The number of rotatable bonds is 4. The molecule has 1 aliphatic heterocycles. The lowest BCUT2D eigenvalue weighted by molar-refractivity contribution is -0.137. The van der Waals surface area contributed by atoms with E-state index in [2.05, 4.69) is 37.8 Å². The van der Waals surface area contributed by atoms with E-state index in [-0.39, 0.29) is 11.1 Å². The quantitative estimate of drug-likeness (QED) is 0.354. The van der Waals surface area contributed by atoms with E-state index >= 15 is 0 Å². The normalized spacial score (nSPS) is 15.2. The Hall–Kier alpha value is -2.91. The molecule has 3 aromatic heterocycles. The molecular weight excluding hydrogens is 471 g/mol. The van der Waals surface area contributed by atoms with Gasteiger partial charge in [-0.15, -0.1) is 11.3 Å². The van der Waals surface area contributed by atoms with E-state index in [4.69, 9.17) is 11.6 Å². The lowest BCUT2D eigenvalue weighted by Gasteiger charge is -2.34. The number of alkyl halides is 3. The maximum Gasteiger partial charge on any atom is 0.417 e. The number of halogens is 4. The van der Waals surface area contributed by atoms with E-state index in [1.54, 1.807) is 17.7 Å². The molecule has 1 fully saturated rings. The number of pyridine rings is 1. The number of hydrogen-bond donors (Lipinski definition) is 1. The highest BCUT2D eigenvalue weighted by Gasteiger charge is 2.32. The Bertz CT molecular complexity index is 1270. The minimum absolute atomic E-state index is 0.0134. The summed E-state index contributed by atoms with van der Waals surface area (Å²) in [6, 6.07) is 11.2. The summed E-state index contributed by atoms with van der Waals surface area (Å²) < 4.78 is 38.7. The van der Waals surface area contributed by atoms with Crippen molar-refractivity contribution < 1.29 is 13.2 Å². The van der Waals surface area contributed by atoms with E-state index < -0.39 is 11.7 Å². The summed E-state index contributed by atoms with van der Waals surface area (Å²) in [5.41, 5.74) is 1.36. The summed E-state index contributed by atoms with van der Waals surface area (Å²) >= 11 is 7.71. The van der Waals surface area contributed by atoms with Gasteiger partial charge in [-0.1, -0.05) is 41.9 Å². The molecule has 4 aromatic rings. The minimum Gasteiger partial charge on any atom is -0.367 e. The smallest absolute Gasteiger partial charge is 0.367 e. The summed E-state index contributed by atoms with van der Waals surface area (Å²) in [4.78, 5) is 15.8. The number of piperidine rings is 1. The number of anilines is 2. The van der Waals surface area contributed by atoms with Gasteiger partial charge in [0.15, 0.2) is 0 Å². The van der Waals surface area contributed by atoms with Crippen LogP contribution >= 0.6 is 22.9 Å². The van der Waals surface area contributed by atoms with Crippen molar-refractivity contribution in [2.24, 2.45) is 0 Å². The van der Waals surface area contributed by atoms with Crippen molar-refractivity contribution in [2.45, 2.75) is 25.1 Å². The van der Waals surface area contributed by atoms with Crippen LogP contribution in [0.5, 0.6) is 0 Å². The molecule has 0 saturated carbocycles. The third-order valence-electron chi connectivity index (χ3n) is 5.74. The Morgan fingerprint density at radius 2 is 1.82 bits per heavy atom. The van der Waals surface area contributed by atoms with Gasteiger partial charge < -0.3 is 10.2 Å². The molecule has 0 radical (unpaired) electrons. The first-order valence-corrected chi connectivity index (χ1v) is 11.7. The molecule has 1 aliphatic rings. The van der Waals surface area contributed by atoms with Crippen molar-refractivity contribution in [1.29, 1.82) is 0 Å². The molecule has 170 valence electrons. The van der Waals surface area contributed by atoms with E-state index in [1.807, 2.05) is 23.1 Å². The first-order chi connectivity index (χ1) is 15.9. The number of fused-ring (bicyclic) bond motifs is 1. The maximum atomic E-state index is 12.9. The molecule has 1 N–H and O–H groups in total. The lowest BCUT2D eigenvalue weighted by Crippen LogP contribution is -2.39. The largest absolute Gasteiger partial charge is 0.417 e. The summed E-state index contributed by atoms with van der Waals surface area (Å²) in [5, 5.41) is 6.68. The summed E-state index contributed by atoms with van der Waals surface area (Å²) in [6.07, 6.45) is -0.512. The number of nitrogens with zero attached hydrogens (tertiary/aromatic N) is 4. The topological polar surface area (TPSA) is 53.9 Å². The number of aromatic nitrogens is 3. The van der Waals surface area contributed by atoms with Crippen LogP contribution in [0.15, 0.2) is 54.3 Å². The van der Waals surface area contributed by atoms with Crippen LogP contribution in [-0.2, 0) is 6.18 Å². The summed E-state index contributed by atoms with van der Waals surface area (Å²) in [7, 11) is 0. The van der Waals surface area contributed by atoms with Crippen molar-refractivity contribution >= 4 is 44.8 Å². The fourth-order valence-electron chi connectivity index (χ4n) is 4.06. The molecule has 5 nitrogen and oxygen atoms in total. The van der Waals surface area contributed by atoms with Crippen molar-refractivity contribution in [3.63, 3.8) is 0 Å². The highest BCUT2D eigenvalue weighted by atomic mass is 35.5. The first kappa shape index (κ1) is 21.9. The predicted octanol–water partition coefficient (Wildman–Crippen LogP) is 6.51. The summed E-state index contributed by atoms with van der Waals surface area (Å²) in [5.74, 6) is 1.18. The van der Waals surface area contributed by atoms with Gasteiger partial charge in [0.05, 0.1) is 16.0 Å². The molecule has 0 spiro atoms. The zero-order valence-electron chi connectivity index (χ0n) is 17.3. The molecule has 0 unspecified atom stereocenters. The van der Waals surface area contributed by atoms with Gasteiger partial charge in [-0.05, 0) is 24.5 Å². The second kappa shape index (κ2) is 8.79. The van der Waals surface area contributed by atoms with E-state index in [1.165, 1.54) is 0 Å². The van der Waals surface area contributed by atoms with Crippen LogP contribution in [0, 0.1) is 0 Å². The van der Waals surface area contributed by atoms with Crippen molar-refractivity contribution in [3.8, 4) is 11.1 Å². The number of hydrogen-bond acceptors (Lipinski definition) is 6. The minimum atomic E-state index is -4.46. The van der Waals surface area contributed by atoms with Crippen LogP contribution in [0.2, 0.25) is 5.02 Å². The second-order valence-electron chi connectivity index (χ2n) is 7.85. The third kappa shape index (κ3) is 4.47. The molecule has 1 aromatic carbocycles. The van der Waals surface area contributed by atoms with E-state index in [0.717, 1.165) is 52.3 Å². The Balaban J connectivity index is 1.32. The summed E-state index contributed by atoms with van der Waals surface area (Å²) in [6.45, 7) is 1.25. The van der Waals surface area contributed by atoms with Gasteiger partial charge in [0.1, 0.15) is 22.8 Å². The van der Waals surface area contributed by atoms with Crippen LogP contribution in [0.4, 0.5) is 24.8 Å². The molecule has 0 bridgehead atoms. The molecule has 0 amide bonds. The Kier molecular flexibility index (Phi) is 5.84. The average Bonchev–Trinajstić information content (AvgIpc) is 3.25. The molecular formula is C23H19ClF3N5S. The zero-order valence-corrected chi connectivity index (χ0v) is 18.9. The third-order valence-corrected chi connectivity index (χ3v) is 6.90. The number of thiophene rings is 1. The van der Waals surface area contributed by atoms with Crippen molar-refractivity contribution in [1.82, 2.24) is 15.0 Å². The van der Waals surface area contributed by atoms with Crippen LogP contribution < -0.4 is 10.2 Å². The van der Waals surface area contributed by atoms with Gasteiger partial charge in [0.2, 0.25) is 0 Å². The molecule has 0 aliphatic carbocycles. The van der Waals surface area contributed by atoms with Gasteiger partial charge in [-0.25, -0.2) is 15.0 Å². The van der Waals surface area contributed by atoms with Gasteiger partial charge in [0.25, 0.3) is 0 Å². The molecule has 33 heavy (non-hydrogen) atoms. The Morgan fingerprint density at radius 3 is 2.52 bits per heavy atom. The molecule has 0 atom stereocenters. The van der Waals surface area contributed by atoms with Crippen LogP contribution in [0.3, 0.4) is 0 Å². The van der Waals surface area contributed by atoms with Crippen molar-refractivity contribution in [3.05, 3.63) is 64.9 Å². The van der Waals surface area contributed by atoms with E-state index in [0.29, 0.717) is 18.9 Å². The highest BCUT2D eigenvalue weighted by Crippen LogP contribution is 2.38. The number of benzene rings is 1.